The Morgan fingerprint density at radius 2 is 0.980 bits per heavy atom. The fourth-order valence-electron chi connectivity index (χ4n) is 7.54. The van der Waals surface area contributed by atoms with E-state index in [1.54, 1.807) is 6.20 Å². The van der Waals surface area contributed by atoms with Crippen LogP contribution in [-0.2, 0) is 9.73 Å². The van der Waals surface area contributed by atoms with Gasteiger partial charge in [0.1, 0.15) is 9.73 Å². The first-order valence-corrected chi connectivity index (χ1v) is 17.9. The van der Waals surface area contributed by atoms with Crippen molar-refractivity contribution in [3.8, 4) is 22.5 Å². The van der Waals surface area contributed by atoms with Gasteiger partial charge in [-0.2, -0.15) is 4.36 Å². The number of hydrogen-bond donors (Lipinski definition) is 0. The van der Waals surface area contributed by atoms with Crippen LogP contribution in [0.15, 0.2) is 184 Å². The van der Waals surface area contributed by atoms with Crippen molar-refractivity contribution in [2.75, 3.05) is 0 Å². The summed E-state index contributed by atoms with van der Waals surface area (Å²) < 4.78 is 23.4. The fraction of sp³-hybridized carbons (Fsp3) is 0. The molecule has 0 aliphatic carbocycles. The summed E-state index contributed by atoms with van der Waals surface area (Å²) in [5.41, 5.74) is 10.1. The molecule has 3 heterocycles. The van der Waals surface area contributed by atoms with E-state index < -0.39 is 9.73 Å². The second-order valence-electron chi connectivity index (χ2n) is 12.5. The van der Waals surface area contributed by atoms with Crippen LogP contribution in [0, 0.1) is 0 Å². The molecule has 1 aliphatic heterocycles. The van der Waals surface area contributed by atoms with Gasteiger partial charge in [0.25, 0.3) is 0 Å². The predicted molar refractivity (Wildman–Crippen MR) is 203 cm³/mol. The molecule has 0 N–H and O–H groups in total. The topological polar surface area (TPSA) is 39.3 Å². The van der Waals surface area contributed by atoms with Gasteiger partial charge in [-0.05, 0) is 102 Å². The molecule has 0 spiro atoms. The minimum absolute atomic E-state index is 0.723. The summed E-state index contributed by atoms with van der Waals surface area (Å²) in [7, 11) is -2.75. The summed E-state index contributed by atoms with van der Waals surface area (Å²) in [6.45, 7) is 0. The Labute approximate surface area is 284 Å². The quantitative estimate of drug-likeness (QED) is 0.187. The third-order valence-electron chi connectivity index (χ3n) is 9.77. The molecule has 2 aromatic heterocycles. The molecule has 1 aliphatic rings. The lowest BCUT2D eigenvalue weighted by Crippen LogP contribution is -2.07. The minimum Gasteiger partial charge on any atom is -0.309 e. The summed E-state index contributed by atoms with van der Waals surface area (Å²) in [6.07, 6.45) is 3.65. The van der Waals surface area contributed by atoms with E-state index in [9.17, 15) is 4.21 Å². The van der Waals surface area contributed by atoms with E-state index in [1.807, 2.05) is 42.5 Å². The van der Waals surface area contributed by atoms with Gasteiger partial charge >= 0.3 is 0 Å². The Kier molecular flexibility index (Phi) is 6.08. The molecule has 232 valence electrons. The third-order valence-corrected chi connectivity index (χ3v) is 12.1. The second-order valence-corrected chi connectivity index (χ2v) is 14.7. The molecule has 0 bridgehead atoms. The average molecular weight is 648 g/mol. The van der Waals surface area contributed by atoms with Crippen LogP contribution in [0.1, 0.15) is 5.56 Å². The highest BCUT2D eigenvalue weighted by atomic mass is 32.2. The van der Waals surface area contributed by atoms with Crippen molar-refractivity contribution < 1.29 is 4.21 Å². The Morgan fingerprint density at radius 1 is 0.449 bits per heavy atom. The molecular formula is C44H29N3OS. The van der Waals surface area contributed by atoms with Gasteiger partial charge in [0.2, 0.25) is 0 Å². The highest BCUT2D eigenvalue weighted by molar-refractivity contribution is 7.94. The fourth-order valence-corrected chi connectivity index (χ4v) is 9.49. The molecule has 0 amide bonds. The van der Waals surface area contributed by atoms with Gasteiger partial charge < -0.3 is 9.13 Å². The zero-order valence-electron chi connectivity index (χ0n) is 26.4. The van der Waals surface area contributed by atoms with Crippen LogP contribution in [0.5, 0.6) is 0 Å². The summed E-state index contributed by atoms with van der Waals surface area (Å²) in [5.74, 6) is 0. The number of rotatable bonds is 4. The van der Waals surface area contributed by atoms with Crippen molar-refractivity contribution in [1.82, 2.24) is 9.13 Å². The van der Waals surface area contributed by atoms with Crippen LogP contribution in [0.25, 0.3) is 72.2 Å². The maximum atomic E-state index is 14.2. The maximum Gasteiger partial charge on any atom is 0.109 e. The largest absolute Gasteiger partial charge is 0.309 e. The number of fused-ring (bicyclic) bond motifs is 7. The number of hydrogen-bond acceptors (Lipinski definition) is 2. The normalized spacial score (nSPS) is 15.6. The molecule has 7 aromatic carbocycles. The van der Waals surface area contributed by atoms with Gasteiger partial charge in [0.05, 0.1) is 31.9 Å². The van der Waals surface area contributed by atoms with Gasteiger partial charge in [0.15, 0.2) is 0 Å². The number of aromatic nitrogens is 2. The summed E-state index contributed by atoms with van der Waals surface area (Å²) >= 11 is 0. The van der Waals surface area contributed by atoms with Crippen LogP contribution >= 0.6 is 0 Å². The van der Waals surface area contributed by atoms with Crippen LogP contribution in [-0.4, -0.2) is 13.3 Å². The lowest BCUT2D eigenvalue weighted by atomic mass is 10.0. The Balaban J connectivity index is 1.13. The molecule has 1 atom stereocenters. The zero-order valence-corrected chi connectivity index (χ0v) is 27.2. The van der Waals surface area contributed by atoms with Crippen LogP contribution in [0.4, 0.5) is 0 Å². The lowest BCUT2D eigenvalue weighted by Gasteiger charge is -2.18. The summed E-state index contributed by atoms with van der Waals surface area (Å²) in [5, 5.41) is 4.86. The van der Waals surface area contributed by atoms with Crippen molar-refractivity contribution in [3.63, 3.8) is 0 Å². The van der Waals surface area contributed by atoms with Crippen molar-refractivity contribution in [2.45, 2.75) is 9.79 Å². The number of para-hydroxylation sites is 3. The van der Waals surface area contributed by atoms with Gasteiger partial charge in [0, 0.05) is 39.1 Å². The predicted octanol–water partition coefficient (Wildman–Crippen LogP) is 11.4. The molecule has 1 unspecified atom stereocenters. The van der Waals surface area contributed by atoms with Crippen molar-refractivity contribution >= 4 is 59.4 Å². The molecule has 5 heteroatoms. The highest BCUT2D eigenvalue weighted by Gasteiger charge is 2.22. The molecule has 0 radical (unpaired) electrons. The molecule has 10 rings (SSSR count). The van der Waals surface area contributed by atoms with Crippen molar-refractivity contribution in [1.29, 1.82) is 0 Å². The molecule has 4 nitrogen and oxygen atoms in total. The SMILES string of the molecule is O=S1(c2ccccc2)=NC=Cc2cc(-n3c4ccccc4c4cc(-c5ccc6c(c5)c5ccccc5n6-c5ccccc5)ccc43)ccc21. The molecule has 0 saturated carbocycles. The third kappa shape index (κ3) is 4.19. The lowest BCUT2D eigenvalue weighted by molar-refractivity contribution is 0.676. The monoisotopic (exact) mass is 647 g/mol. The van der Waals surface area contributed by atoms with Crippen LogP contribution < -0.4 is 0 Å². The smallest absolute Gasteiger partial charge is 0.109 e. The molecule has 0 saturated heterocycles. The van der Waals surface area contributed by atoms with Gasteiger partial charge in [-0.25, -0.2) is 4.21 Å². The number of nitrogens with zero attached hydrogens (tertiary/aromatic N) is 3. The van der Waals surface area contributed by atoms with Gasteiger partial charge in [-0.15, -0.1) is 0 Å². The number of benzene rings is 7. The highest BCUT2D eigenvalue weighted by Crippen LogP contribution is 2.39. The van der Waals surface area contributed by atoms with E-state index >= 15 is 0 Å². The first kappa shape index (κ1) is 27.9. The molecule has 49 heavy (non-hydrogen) atoms. The second kappa shape index (κ2) is 10.7. The first-order valence-electron chi connectivity index (χ1n) is 16.4. The van der Waals surface area contributed by atoms with Crippen molar-refractivity contribution in [3.05, 3.63) is 176 Å². The average Bonchev–Trinajstić information content (AvgIpc) is 3.68. The van der Waals surface area contributed by atoms with E-state index in [4.69, 9.17) is 0 Å². The molecule has 9 aromatic rings. The van der Waals surface area contributed by atoms with Crippen molar-refractivity contribution in [2.24, 2.45) is 4.36 Å². The standard InChI is InChI=1S/C44H29N3OS/c48-49(35-13-5-2-6-14-35)44-24-21-34(27-32(44)25-26-45-49)47-41-18-10-8-16-37(41)39-29-31(20-23-43(39)47)30-19-22-42-38(28-30)36-15-7-9-17-40(36)46(42)33-11-3-1-4-12-33/h1-29H. The van der Waals surface area contributed by atoms with E-state index in [2.05, 4.69) is 141 Å². The van der Waals surface area contributed by atoms with Crippen LogP contribution in [0.3, 0.4) is 0 Å². The Hall–Kier alpha value is -6.17. The Morgan fingerprint density at radius 3 is 1.61 bits per heavy atom. The molecular weight excluding hydrogens is 619 g/mol. The minimum atomic E-state index is -2.75. The maximum absolute atomic E-state index is 14.2. The summed E-state index contributed by atoms with van der Waals surface area (Å²) in [4.78, 5) is 1.47. The van der Waals surface area contributed by atoms with Gasteiger partial charge in [-0.3, -0.25) is 0 Å². The van der Waals surface area contributed by atoms with E-state index in [0.717, 1.165) is 37.8 Å². The van der Waals surface area contributed by atoms with Gasteiger partial charge in [-0.1, -0.05) is 84.9 Å². The van der Waals surface area contributed by atoms with Crippen LogP contribution in [0.2, 0.25) is 0 Å². The zero-order chi connectivity index (χ0) is 32.5. The van der Waals surface area contributed by atoms with E-state index in [1.165, 1.54) is 43.7 Å². The van der Waals surface area contributed by atoms with E-state index in [-0.39, 0.29) is 0 Å². The first-order chi connectivity index (χ1) is 24.2. The van der Waals surface area contributed by atoms with E-state index in [0.29, 0.717) is 0 Å². The summed E-state index contributed by atoms with van der Waals surface area (Å²) in [6, 6.07) is 57.2. The Bertz CT molecular complexity index is 2930. The molecule has 0 fully saturated rings.